The van der Waals surface area contributed by atoms with E-state index in [4.69, 9.17) is 4.74 Å². The van der Waals surface area contributed by atoms with Crippen LogP contribution in [0.3, 0.4) is 0 Å². The molecule has 5 heteroatoms. The molecular weight excluding hydrogens is 199 g/mol. The SMILES string of the molecule is CNNC(=O)Cc1cc(F)ccc1OC. The molecule has 15 heavy (non-hydrogen) atoms. The van der Waals surface area contributed by atoms with Crippen LogP contribution in [-0.4, -0.2) is 20.1 Å². The monoisotopic (exact) mass is 212 g/mol. The Morgan fingerprint density at radius 1 is 1.53 bits per heavy atom. The summed E-state index contributed by atoms with van der Waals surface area (Å²) in [5.41, 5.74) is 5.42. The average molecular weight is 212 g/mol. The van der Waals surface area contributed by atoms with Crippen LogP contribution in [0, 0.1) is 5.82 Å². The van der Waals surface area contributed by atoms with Crippen molar-refractivity contribution in [3.63, 3.8) is 0 Å². The summed E-state index contributed by atoms with van der Waals surface area (Å²) in [5, 5.41) is 0. The fraction of sp³-hybridized carbons (Fsp3) is 0.300. The number of rotatable bonds is 4. The number of carbonyl (C=O) groups is 1. The third-order valence-corrected chi connectivity index (χ3v) is 1.86. The van der Waals surface area contributed by atoms with E-state index in [1.807, 2.05) is 0 Å². The Hall–Kier alpha value is -1.62. The molecule has 4 nitrogen and oxygen atoms in total. The smallest absolute Gasteiger partial charge is 0.238 e. The molecule has 0 bridgehead atoms. The van der Waals surface area contributed by atoms with Crippen LogP contribution in [0.1, 0.15) is 5.56 Å². The number of ether oxygens (including phenoxy) is 1. The molecule has 0 spiro atoms. The second kappa shape index (κ2) is 5.31. The third kappa shape index (κ3) is 3.21. The number of halogens is 1. The van der Waals surface area contributed by atoms with Crippen LogP contribution in [0.25, 0.3) is 0 Å². The molecule has 1 aromatic rings. The van der Waals surface area contributed by atoms with Gasteiger partial charge in [0.1, 0.15) is 11.6 Å². The first-order chi connectivity index (χ1) is 7.17. The predicted molar refractivity (Wildman–Crippen MR) is 53.9 cm³/mol. The Morgan fingerprint density at radius 3 is 2.87 bits per heavy atom. The standard InChI is InChI=1S/C10H13FN2O2/c1-12-13-10(14)6-7-5-8(11)3-4-9(7)15-2/h3-5,12H,6H2,1-2H3,(H,13,14). The van der Waals surface area contributed by atoms with Crippen LogP contribution >= 0.6 is 0 Å². The second-order valence-corrected chi connectivity index (χ2v) is 2.93. The van der Waals surface area contributed by atoms with Gasteiger partial charge in [0.15, 0.2) is 0 Å². The summed E-state index contributed by atoms with van der Waals surface area (Å²) in [4.78, 5) is 11.2. The van der Waals surface area contributed by atoms with Crippen molar-refractivity contribution >= 4 is 5.91 Å². The van der Waals surface area contributed by atoms with Gasteiger partial charge in [-0.15, -0.1) is 0 Å². The first-order valence-electron chi connectivity index (χ1n) is 4.45. The summed E-state index contributed by atoms with van der Waals surface area (Å²) < 4.78 is 17.9. The number of amides is 1. The van der Waals surface area contributed by atoms with Crippen molar-refractivity contribution in [1.29, 1.82) is 0 Å². The van der Waals surface area contributed by atoms with Crippen molar-refractivity contribution in [3.05, 3.63) is 29.6 Å². The highest BCUT2D eigenvalue weighted by molar-refractivity contribution is 5.78. The lowest BCUT2D eigenvalue weighted by atomic mass is 10.1. The van der Waals surface area contributed by atoms with E-state index in [0.717, 1.165) is 0 Å². The number of hydrogen-bond donors (Lipinski definition) is 2. The molecule has 2 N–H and O–H groups in total. The zero-order valence-corrected chi connectivity index (χ0v) is 8.63. The molecule has 0 heterocycles. The zero-order chi connectivity index (χ0) is 11.3. The van der Waals surface area contributed by atoms with Gasteiger partial charge in [0.25, 0.3) is 0 Å². The third-order valence-electron chi connectivity index (χ3n) is 1.86. The highest BCUT2D eigenvalue weighted by Crippen LogP contribution is 2.19. The minimum Gasteiger partial charge on any atom is -0.496 e. The molecule has 1 aromatic carbocycles. The Kier molecular flexibility index (Phi) is 4.05. The molecular formula is C10H13FN2O2. The maximum absolute atomic E-state index is 12.9. The Bertz CT molecular complexity index is 355. The summed E-state index contributed by atoms with van der Waals surface area (Å²) in [6, 6.07) is 4.07. The van der Waals surface area contributed by atoms with Gasteiger partial charge in [-0.3, -0.25) is 10.2 Å². The number of methoxy groups -OCH3 is 1. The van der Waals surface area contributed by atoms with Gasteiger partial charge in [-0.25, -0.2) is 9.82 Å². The first kappa shape index (κ1) is 11.5. The molecule has 0 aromatic heterocycles. The van der Waals surface area contributed by atoms with Crippen LogP contribution < -0.4 is 15.6 Å². The molecule has 0 aliphatic carbocycles. The van der Waals surface area contributed by atoms with Gasteiger partial charge in [0.2, 0.25) is 5.91 Å². The Balaban J connectivity index is 2.82. The van der Waals surface area contributed by atoms with Crippen LogP contribution in [0.15, 0.2) is 18.2 Å². The summed E-state index contributed by atoms with van der Waals surface area (Å²) in [7, 11) is 3.06. The first-order valence-corrected chi connectivity index (χ1v) is 4.45. The molecule has 0 saturated carbocycles. The number of hydrogen-bond acceptors (Lipinski definition) is 3. The van der Waals surface area contributed by atoms with Crippen LogP contribution in [0.4, 0.5) is 4.39 Å². The minimum absolute atomic E-state index is 0.0712. The van der Waals surface area contributed by atoms with Gasteiger partial charge in [-0.05, 0) is 18.2 Å². The highest BCUT2D eigenvalue weighted by Gasteiger charge is 2.08. The van der Waals surface area contributed by atoms with E-state index < -0.39 is 0 Å². The van der Waals surface area contributed by atoms with Crippen molar-refractivity contribution < 1.29 is 13.9 Å². The quantitative estimate of drug-likeness (QED) is 0.720. The second-order valence-electron chi connectivity index (χ2n) is 2.93. The van der Waals surface area contributed by atoms with Crippen molar-refractivity contribution in [2.45, 2.75) is 6.42 Å². The predicted octanol–water partition coefficient (Wildman–Crippen LogP) is 0.627. The topological polar surface area (TPSA) is 50.4 Å². The lowest BCUT2D eigenvalue weighted by molar-refractivity contribution is -0.121. The van der Waals surface area contributed by atoms with E-state index in [1.165, 1.54) is 25.3 Å². The fourth-order valence-electron chi connectivity index (χ4n) is 1.24. The maximum atomic E-state index is 12.9. The molecule has 0 aliphatic heterocycles. The zero-order valence-electron chi connectivity index (χ0n) is 8.63. The molecule has 0 fully saturated rings. The van der Waals surface area contributed by atoms with E-state index in [9.17, 15) is 9.18 Å². The van der Waals surface area contributed by atoms with Crippen molar-refractivity contribution in [3.8, 4) is 5.75 Å². The molecule has 0 unspecified atom stereocenters. The van der Waals surface area contributed by atoms with Gasteiger partial charge in [-0.2, -0.15) is 0 Å². The number of hydrazine groups is 1. The summed E-state index contributed by atoms with van der Waals surface area (Å²) in [6.07, 6.45) is 0.0712. The van der Waals surface area contributed by atoms with Crippen LogP contribution in [0.5, 0.6) is 5.75 Å². The van der Waals surface area contributed by atoms with Crippen molar-refractivity contribution in [2.24, 2.45) is 0 Å². The number of nitrogens with one attached hydrogen (secondary N) is 2. The average Bonchev–Trinajstić information content (AvgIpc) is 2.18. The lowest BCUT2D eigenvalue weighted by Gasteiger charge is -2.08. The minimum atomic E-state index is -0.386. The number of carbonyl (C=O) groups excluding carboxylic acids is 1. The fourth-order valence-corrected chi connectivity index (χ4v) is 1.24. The van der Waals surface area contributed by atoms with Crippen LogP contribution in [-0.2, 0) is 11.2 Å². The van der Waals surface area contributed by atoms with E-state index in [1.54, 1.807) is 7.05 Å². The molecule has 0 radical (unpaired) electrons. The molecule has 0 atom stereocenters. The molecule has 0 aliphatic rings. The van der Waals surface area contributed by atoms with Gasteiger partial charge >= 0.3 is 0 Å². The van der Waals surface area contributed by atoms with Crippen molar-refractivity contribution in [1.82, 2.24) is 10.9 Å². The summed E-state index contributed by atoms with van der Waals surface area (Å²) in [6.45, 7) is 0. The lowest BCUT2D eigenvalue weighted by Crippen LogP contribution is -2.35. The van der Waals surface area contributed by atoms with Crippen molar-refractivity contribution in [2.75, 3.05) is 14.2 Å². The Morgan fingerprint density at radius 2 is 2.27 bits per heavy atom. The van der Waals surface area contributed by atoms with E-state index in [2.05, 4.69) is 10.9 Å². The van der Waals surface area contributed by atoms with Gasteiger partial charge in [0.05, 0.1) is 13.5 Å². The van der Waals surface area contributed by atoms with Crippen LogP contribution in [0.2, 0.25) is 0 Å². The van der Waals surface area contributed by atoms with E-state index >= 15 is 0 Å². The summed E-state index contributed by atoms with van der Waals surface area (Å²) >= 11 is 0. The van der Waals surface area contributed by atoms with Gasteiger partial charge < -0.3 is 4.74 Å². The Labute approximate surface area is 87.4 Å². The molecule has 82 valence electrons. The van der Waals surface area contributed by atoms with Gasteiger partial charge in [-0.1, -0.05) is 0 Å². The number of benzene rings is 1. The van der Waals surface area contributed by atoms with E-state index in [0.29, 0.717) is 11.3 Å². The molecule has 1 rings (SSSR count). The van der Waals surface area contributed by atoms with Gasteiger partial charge in [0, 0.05) is 12.6 Å². The molecule has 0 saturated heterocycles. The largest absolute Gasteiger partial charge is 0.496 e. The normalized spacial score (nSPS) is 9.80. The maximum Gasteiger partial charge on any atom is 0.238 e. The summed E-state index contributed by atoms with van der Waals surface area (Å²) in [5.74, 6) is -0.132. The molecule has 1 amide bonds. The highest BCUT2D eigenvalue weighted by atomic mass is 19.1. The van der Waals surface area contributed by atoms with E-state index in [-0.39, 0.29) is 18.1 Å².